The number of amides is 2. The first-order valence-corrected chi connectivity index (χ1v) is 7.49. The first-order valence-electron chi connectivity index (χ1n) is 7.49. The van der Waals surface area contributed by atoms with Crippen molar-refractivity contribution in [2.45, 2.75) is 26.2 Å². The summed E-state index contributed by atoms with van der Waals surface area (Å²) in [6, 6.07) is 4.40. The number of imidazole rings is 1. The normalized spacial score (nSPS) is 11.2. The molecule has 1 aromatic heterocycles. The number of carbonyl (C=O) groups excluding carboxylic acids is 1. The van der Waals surface area contributed by atoms with E-state index in [0.717, 1.165) is 12.8 Å². The Morgan fingerprint density at radius 1 is 1.43 bits per heavy atom. The van der Waals surface area contributed by atoms with Crippen LogP contribution in [-0.2, 0) is 0 Å². The third-order valence-corrected chi connectivity index (χ3v) is 3.40. The fraction of sp³-hybridized carbons (Fsp3) is 0.467. The summed E-state index contributed by atoms with van der Waals surface area (Å²) in [5, 5.41) is 11.7. The maximum Gasteiger partial charge on any atom is 0.321 e. The van der Waals surface area contributed by atoms with Crippen molar-refractivity contribution in [1.29, 1.82) is 0 Å². The second kappa shape index (κ2) is 7.87. The first kappa shape index (κ1) is 17.1. The second-order valence-electron chi connectivity index (χ2n) is 5.15. The number of rotatable bonds is 7. The predicted octanol–water partition coefficient (Wildman–Crippen LogP) is 3.13. The Labute approximate surface area is 132 Å². The van der Waals surface area contributed by atoms with Gasteiger partial charge >= 0.3 is 6.03 Å². The molecule has 2 amide bonds. The van der Waals surface area contributed by atoms with Gasteiger partial charge in [-0.25, -0.2) is 18.6 Å². The summed E-state index contributed by atoms with van der Waals surface area (Å²) < 4.78 is 25.3. The molecule has 8 heteroatoms. The molecule has 2 rings (SSSR count). The Balaban J connectivity index is 2.11. The number of hydrogen-bond donors (Lipinski definition) is 3. The van der Waals surface area contributed by atoms with Gasteiger partial charge in [-0.3, -0.25) is 0 Å². The van der Waals surface area contributed by atoms with Crippen LogP contribution in [0.4, 0.5) is 19.3 Å². The van der Waals surface area contributed by atoms with E-state index < -0.39 is 12.2 Å². The summed E-state index contributed by atoms with van der Waals surface area (Å²) in [6.07, 6.45) is -0.897. The third-order valence-electron chi connectivity index (χ3n) is 3.40. The molecule has 6 nitrogen and oxygen atoms in total. The Bertz CT molecular complexity index is 660. The Kier molecular flexibility index (Phi) is 5.86. The molecule has 0 radical (unpaired) electrons. The van der Waals surface area contributed by atoms with Crippen molar-refractivity contribution in [2.24, 2.45) is 0 Å². The average Bonchev–Trinajstić information content (AvgIpc) is 2.94. The van der Waals surface area contributed by atoms with Crippen molar-refractivity contribution in [3.8, 4) is 0 Å². The molecule has 1 heterocycles. The first-order chi connectivity index (χ1) is 11.0. The highest BCUT2D eigenvalue weighted by Gasteiger charge is 2.15. The standard InChI is InChI=1S/C15H20F2N4O2/c1-2-3-6-21(7-8-22)15(23)18-10-4-5-11-12(9-10)20-14(19-11)13(16)17/h4-5,9,13,22H,2-3,6-8H2,1H3,(H,18,23)(H,19,20). The molecule has 0 saturated carbocycles. The third kappa shape index (κ3) is 4.38. The number of H-pyrrole nitrogens is 1. The molecule has 0 saturated heterocycles. The topological polar surface area (TPSA) is 81.2 Å². The van der Waals surface area contributed by atoms with Gasteiger partial charge in [0.1, 0.15) is 0 Å². The number of halogens is 2. The number of urea groups is 1. The van der Waals surface area contributed by atoms with Gasteiger partial charge in [-0.15, -0.1) is 0 Å². The number of fused-ring (bicyclic) bond motifs is 1. The minimum absolute atomic E-state index is 0.117. The van der Waals surface area contributed by atoms with E-state index in [0.29, 0.717) is 23.3 Å². The zero-order valence-electron chi connectivity index (χ0n) is 12.9. The summed E-state index contributed by atoms with van der Waals surface area (Å²) in [5.41, 5.74) is 1.32. The molecule has 0 aliphatic heterocycles. The molecule has 0 spiro atoms. The Hall–Kier alpha value is -2.22. The van der Waals surface area contributed by atoms with Gasteiger partial charge < -0.3 is 20.3 Å². The minimum Gasteiger partial charge on any atom is -0.395 e. The quantitative estimate of drug-likeness (QED) is 0.731. The van der Waals surface area contributed by atoms with Crippen LogP contribution in [0.25, 0.3) is 11.0 Å². The monoisotopic (exact) mass is 326 g/mol. The van der Waals surface area contributed by atoms with E-state index in [1.165, 1.54) is 4.90 Å². The molecule has 126 valence electrons. The lowest BCUT2D eigenvalue weighted by atomic mass is 10.2. The smallest absolute Gasteiger partial charge is 0.321 e. The second-order valence-corrected chi connectivity index (χ2v) is 5.15. The highest BCUT2D eigenvalue weighted by molar-refractivity contribution is 5.92. The summed E-state index contributed by atoms with van der Waals surface area (Å²) in [6.45, 7) is 2.69. The number of anilines is 1. The van der Waals surface area contributed by atoms with Crippen LogP contribution in [0.3, 0.4) is 0 Å². The molecule has 1 aromatic carbocycles. The van der Waals surface area contributed by atoms with Crippen LogP contribution >= 0.6 is 0 Å². The van der Waals surface area contributed by atoms with Crippen LogP contribution in [-0.4, -0.2) is 45.7 Å². The SMILES string of the molecule is CCCCN(CCO)C(=O)Nc1ccc2nc(C(F)F)[nH]c2c1. The lowest BCUT2D eigenvalue weighted by Crippen LogP contribution is -2.37. The van der Waals surface area contributed by atoms with Gasteiger partial charge in [0.25, 0.3) is 6.43 Å². The van der Waals surface area contributed by atoms with Crippen molar-refractivity contribution < 1.29 is 18.7 Å². The number of carbonyl (C=O) groups is 1. The van der Waals surface area contributed by atoms with Crippen LogP contribution in [0.5, 0.6) is 0 Å². The van der Waals surface area contributed by atoms with Gasteiger partial charge in [0.15, 0.2) is 5.82 Å². The molecule has 0 unspecified atom stereocenters. The molecule has 3 N–H and O–H groups in total. The summed E-state index contributed by atoms with van der Waals surface area (Å²) in [5.74, 6) is -0.395. The number of unbranched alkanes of at least 4 members (excludes halogenated alkanes) is 1. The highest BCUT2D eigenvalue weighted by atomic mass is 19.3. The van der Waals surface area contributed by atoms with Crippen LogP contribution in [0.15, 0.2) is 18.2 Å². The maximum absolute atomic E-state index is 12.6. The molecular formula is C15H20F2N4O2. The number of alkyl halides is 2. The van der Waals surface area contributed by atoms with Gasteiger partial charge in [0.2, 0.25) is 0 Å². The van der Waals surface area contributed by atoms with E-state index in [9.17, 15) is 13.6 Å². The molecule has 0 aliphatic carbocycles. The zero-order chi connectivity index (χ0) is 16.8. The van der Waals surface area contributed by atoms with Crippen molar-refractivity contribution in [3.05, 3.63) is 24.0 Å². The zero-order valence-corrected chi connectivity index (χ0v) is 12.9. The number of nitrogens with one attached hydrogen (secondary N) is 2. The molecule has 0 atom stereocenters. The highest BCUT2D eigenvalue weighted by Crippen LogP contribution is 2.22. The number of aromatic amines is 1. The average molecular weight is 326 g/mol. The van der Waals surface area contributed by atoms with Gasteiger partial charge in [0, 0.05) is 18.8 Å². The van der Waals surface area contributed by atoms with Crippen LogP contribution in [0.2, 0.25) is 0 Å². The van der Waals surface area contributed by atoms with Gasteiger partial charge in [-0.1, -0.05) is 13.3 Å². The molecule has 0 bridgehead atoms. The number of benzene rings is 1. The minimum atomic E-state index is -2.67. The molecule has 0 fully saturated rings. The molecule has 0 aliphatic rings. The Morgan fingerprint density at radius 3 is 2.87 bits per heavy atom. The predicted molar refractivity (Wildman–Crippen MR) is 83.6 cm³/mol. The Morgan fingerprint density at radius 2 is 2.22 bits per heavy atom. The molecule has 23 heavy (non-hydrogen) atoms. The fourth-order valence-electron chi connectivity index (χ4n) is 2.20. The summed E-state index contributed by atoms with van der Waals surface area (Å²) in [7, 11) is 0. The van der Waals surface area contributed by atoms with Crippen LogP contribution in [0.1, 0.15) is 32.0 Å². The van der Waals surface area contributed by atoms with Crippen LogP contribution < -0.4 is 5.32 Å². The summed E-state index contributed by atoms with van der Waals surface area (Å²) in [4.78, 5) is 20.0. The van der Waals surface area contributed by atoms with Crippen molar-refractivity contribution in [1.82, 2.24) is 14.9 Å². The summed E-state index contributed by atoms with van der Waals surface area (Å²) >= 11 is 0. The van der Waals surface area contributed by atoms with E-state index in [-0.39, 0.29) is 19.2 Å². The lowest BCUT2D eigenvalue weighted by Gasteiger charge is -2.22. The van der Waals surface area contributed by atoms with Crippen LogP contribution in [0, 0.1) is 0 Å². The number of aliphatic hydroxyl groups is 1. The number of hydrogen-bond acceptors (Lipinski definition) is 3. The molecule has 2 aromatic rings. The fourth-order valence-corrected chi connectivity index (χ4v) is 2.20. The van der Waals surface area contributed by atoms with E-state index in [4.69, 9.17) is 5.11 Å². The van der Waals surface area contributed by atoms with Crippen molar-refractivity contribution >= 4 is 22.8 Å². The largest absolute Gasteiger partial charge is 0.395 e. The van der Waals surface area contributed by atoms with Gasteiger partial charge in [0.05, 0.1) is 17.6 Å². The number of nitrogens with zero attached hydrogens (tertiary/aromatic N) is 2. The van der Waals surface area contributed by atoms with Gasteiger partial charge in [-0.05, 0) is 24.6 Å². The molecular weight excluding hydrogens is 306 g/mol. The van der Waals surface area contributed by atoms with Crippen molar-refractivity contribution in [2.75, 3.05) is 25.0 Å². The van der Waals surface area contributed by atoms with Gasteiger partial charge in [-0.2, -0.15) is 0 Å². The lowest BCUT2D eigenvalue weighted by molar-refractivity contribution is 0.142. The van der Waals surface area contributed by atoms with E-state index in [2.05, 4.69) is 15.3 Å². The van der Waals surface area contributed by atoms with E-state index >= 15 is 0 Å². The number of aromatic nitrogens is 2. The number of aliphatic hydroxyl groups excluding tert-OH is 1. The maximum atomic E-state index is 12.6. The van der Waals surface area contributed by atoms with E-state index in [1.807, 2.05) is 6.92 Å². The van der Waals surface area contributed by atoms with E-state index in [1.54, 1.807) is 18.2 Å². The van der Waals surface area contributed by atoms with Crippen molar-refractivity contribution in [3.63, 3.8) is 0 Å².